The van der Waals surface area contributed by atoms with Gasteiger partial charge in [-0.2, -0.15) is 9.90 Å². The van der Waals surface area contributed by atoms with Crippen molar-refractivity contribution in [3.8, 4) is 22.8 Å². The van der Waals surface area contributed by atoms with Gasteiger partial charge in [0, 0.05) is 0 Å². The minimum Gasteiger partial charge on any atom is -0.497 e. The topological polar surface area (TPSA) is 70.7 Å². The third-order valence-electron chi connectivity index (χ3n) is 3.96. The molecule has 0 atom stereocenters. The van der Waals surface area contributed by atoms with E-state index in [0.717, 1.165) is 17.0 Å². The van der Waals surface area contributed by atoms with Gasteiger partial charge in [-0.05, 0) is 63.1 Å². The summed E-state index contributed by atoms with van der Waals surface area (Å²) in [6, 6.07) is 13.7. The van der Waals surface area contributed by atoms with E-state index in [2.05, 4.69) is 36.4 Å². The Balaban J connectivity index is 1.57. The summed E-state index contributed by atoms with van der Waals surface area (Å²) in [7, 11) is 1.63. The van der Waals surface area contributed by atoms with Gasteiger partial charge in [0.2, 0.25) is 5.82 Å². The molecule has 0 saturated carbocycles. The van der Waals surface area contributed by atoms with Crippen LogP contribution in [0.4, 0.5) is 4.39 Å². The van der Waals surface area contributed by atoms with Gasteiger partial charge in [-0.15, -0.1) is 10.2 Å². The molecule has 0 saturated heterocycles. The summed E-state index contributed by atoms with van der Waals surface area (Å²) in [6.45, 7) is 0.487. The molecule has 0 aliphatic carbocycles. The maximum atomic E-state index is 13.1. The van der Waals surface area contributed by atoms with Crippen LogP contribution in [-0.4, -0.2) is 37.1 Å². The molecule has 0 aliphatic rings. The molecule has 0 unspecified atom stereocenters. The summed E-state index contributed by atoms with van der Waals surface area (Å²) in [4.78, 5) is 1.51. The molecule has 0 radical (unpaired) electrons. The minimum atomic E-state index is -0.301. The lowest BCUT2D eigenvalue weighted by atomic mass is 10.2. The van der Waals surface area contributed by atoms with Gasteiger partial charge in [0.1, 0.15) is 16.2 Å². The molecule has 2 aromatic carbocycles. The zero-order valence-electron chi connectivity index (χ0n) is 14.3. The fraction of sp³-hybridized carbons (Fsp3) is 0.111. The molecule has 4 rings (SSSR count). The normalized spacial score (nSPS) is 10.9. The minimum absolute atomic E-state index is 0.301. The zero-order valence-corrected chi connectivity index (χ0v) is 15.8. The van der Waals surface area contributed by atoms with Crippen LogP contribution in [0.3, 0.4) is 0 Å². The first-order chi connectivity index (χ1) is 13.1. The van der Waals surface area contributed by atoms with Crippen LogP contribution < -0.4 is 4.74 Å². The predicted octanol–water partition coefficient (Wildman–Crippen LogP) is 3.48. The van der Waals surface area contributed by atoms with Gasteiger partial charge < -0.3 is 4.74 Å². The number of hydrogen-bond donors (Lipinski definition) is 0. The molecule has 7 nitrogen and oxygen atoms in total. The summed E-state index contributed by atoms with van der Waals surface area (Å²) >= 11 is 3.51. The fourth-order valence-electron chi connectivity index (χ4n) is 2.56. The molecule has 136 valence electrons. The van der Waals surface area contributed by atoms with Gasteiger partial charge >= 0.3 is 0 Å². The van der Waals surface area contributed by atoms with Gasteiger partial charge in [0.25, 0.3) is 0 Å². The van der Waals surface area contributed by atoms with Crippen LogP contribution >= 0.6 is 15.9 Å². The maximum absolute atomic E-state index is 13.1. The van der Waals surface area contributed by atoms with Gasteiger partial charge in [0.05, 0.1) is 31.1 Å². The van der Waals surface area contributed by atoms with E-state index in [1.165, 1.54) is 16.9 Å². The highest BCUT2D eigenvalue weighted by Gasteiger charge is 2.16. The Hall–Kier alpha value is -3.07. The molecule has 2 heterocycles. The van der Waals surface area contributed by atoms with Crippen molar-refractivity contribution in [1.29, 1.82) is 0 Å². The van der Waals surface area contributed by atoms with Crippen LogP contribution in [0.25, 0.3) is 17.1 Å². The van der Waals surface area contributed by atoms with Gasteiger partial charge in [0.15, 0.2) is 0 Å². The van der Waals surface area contributed by atoms with Crippen molar-refractivity contribution >= 4 is 15.9 Å². The number of halogens is 2. The quantitative estimate of drug-likeness (QED) is 0.486. The van der Waals surface area contributed by atoms with Crippen molar-refractivity contribution in [3.05, 3.63) is 70.7 Å². The molecule has 0 amide bonds. The lowest BCUT2D eigenvalue weighted by Crippen LogP contribution is -2.04. The molecule has 0 aliphatic heterocycles. The van der Waals surface area contributed by atoms with Crippen LogP contribution in [0.1, 0.15) is 5.56 Å². The maximum Gasteiger partial charge on any atom is 0.209 e. The number of methoxy groups -OCH3 is 1. The van der Waals surface area contributed by atoms with E-state index < -0.39 is 0 Å². The monoisotopic (exact) mass is 428 g/mol. The van der Waals surface area contributed by atoms with Crippen LogP contribution in [0.15, 0.2) is 59.3 Å². The van der Waals surface area contributed by atoms with Crippen molar-refractivity contribution in [1.82, 2.24) is 30.0 Å². The Morgan fingerprint density at radius 3 is 2.52 bits per heavy atom. The van der Waals surface area contributed by atoms with E-state index in [9.17, 15) is 4.39 Å². The molecule has 0 spiro atoms. The van der Waals surface area contributed by atoms with Crippen molar-refractivity contribution in [2.75, 3.05) is 7.11 Å². The third-order valence-corrected chi connectivity index (χ3v) is 4.72. The Labute approximate surface area is 162 Å². The Kier molecular flexibility index (Phi) is 4.68. The standard InChI is InChI=1S/C18H14BrFN6O/c1-27-15-8-2-12(3-9-15)11-25-23-18(22-24-25)16-10-21-26(17(16)19)14-6-4-13(20)5-7-14/h2-10H,11H2,1H3. The van der Waals surface area contributed by atoms with Crippen molar-refractivity contribution in [2.24, 2.45) is 0 Å². The molecule has 9 heteroatoms. The average molecular weight is 429 g/mol. The Bertz CT molecular complexity index is 1060. The number of benzene rings is 2. The summed E-state index contributed by atoms with van der Waals surface area (Å²) in [5.41, 5.74) is 2.45. The molecular formula is C18H14BrFN6O. The van der Waals surface area contributed by atoms with E-state index in [0.29, 0.717) is 22.5 Å². The van der Waals surface area contributed by atoms with Crippen LogP contribution in [0.5, 0.6) is 5.75 Å². The molecule has 4 aromatic rings. The van der Waals surface area contributed by atoms with E-state index >= 15 is 0 Å². The highest BCUT2D eigenvalue weighted by Crippen LogP contribution is 2.27. The van der Waals surface area contributed by atoms with Crippen molar-refractivity contribution < 1.29 is 9.13 Å². The second-order valence-electron chi connectivity index (χ2n) is 5.73. The number of rotatable bonds is 5. The predicted molar refractivity (Wildman–Crippen MR) is 100 cm³/mol. The summed E-state index contributed by atoms with van der Waals surface area (Å²) < 4.78 is 20.6. The van der Waals surface area contributed by atoms with E-state index in [4.69, 9.17) is 4.74 Å². The van der Waals surface area contributed by atoms with Gasteiger partial charge in [-0.1, -0.05) is 12.1 Å². The summed E-state index contributed by atoms with van der Waals surface area (Å²) in [5.74, 6) is 0.942. The molecular weight excluding hydrogens is 415 g/mol. The summed E-state index contributed by atoms with van der Waals surface area (Å²) in [6.07, 6.45) is 1.64. The molecule has 0 fully saturated rings. The van der Waals surface area contributed by atoms with Crippen molar-refractivity contribution in [2.45, 2.75) is 6.54 Å². The number of aromatic nitrogens is 6. The molecule has 0 bridgehead atoms. The van der Waals surface area contributed by atoms with Crippen LogP contribution in [0.2, 0.25) is 0 Å². The first-order valence-corrected chi connectivity index (χ1v) is 8.84. The fourth-order valence-corrected chi connectivity index (χ4v) is 3.13. The van der Waals surface area contributed by atoms with Crippen LogP contribution in [0, 0.1) is 5.82 Å². The van der Waals surface area contributed by atoms with E-state index in [-0.39, 0.29) is 5.82 Å². The number of hydrogen-bond acceptors (Lipinski definition) is 5. The second-order valence-corrected chi connectivity index (χ2v) is 6.48. The largest absolute Gasteiger partial charge is 0.497 e. The lowest BCUT2D eigenvalue weighted by molar-refractivity contribution is 0.414. The van der Waals surface area contributed by atoms with Gasteiger partial charge in [-0.25, -0.2) is 9.07 Å². The Morgan fingerprint density at radius 1 is 1.07 bits per heavy atom. The Morgan fingerprint density at radius 2 is 1.81 bits per heavy atom. The highest BCUT2D eigenvalue weighted by atomic mass is 79.9. The first kappa shape index (κ1) is 17.3. The lowest BCUT2D eigenvalue weighted by Gasteiger charge is -2.03. The molecule has 27 heavy (non-hydrogen) atoms. The zero-order chi connectivity index (χ0) is 18.8. The molecule has 2 aromatic heterocycles. The second kappa shape index (κ2) is 7.28. The third kappa shape index (κ3) is 3.59. The van der Waals surface area contributed by atoms with Crippen LogP contribution in [-0.2, 0) is 6.54 Å². The average Bonchev–Trinajstić information content (AvgIpc) is 3.29. The number of ether oxygens (including phenoxy) is 1. The van der Waals surface area contributed by atoms with Crippen molar-refractivity contribution in [3.63, 3.8) is 0 Å². The SMILES string of the molecule is COc1ccc(Cn2nnc(-c3cnn(-c4ccc(F)cc4)c3Br)n2)cc1. The number of nitrogens with zero attached hydrogens (tertiary/aromatic N) is 6. The highest BCUT2D eigenvalue weighted by molar-refractivity contribution is 9.10. The molecule has 0 N–H and O–H groups in total. The van der Waals surface area contributed by atoms with E-state index in [1.54, 1.807) is 30.1 Å². The number of tetrazole rings is 1. The first-order valence-electron chi connectivity index (χ1n) is 8.04. The smallest absolute Gasteiger partial charge is 0.209 e. The van der Waals surface area contributed by atoms with E-state index in [1.807, 2.05) is 24.3 Å². The van der Waals surface area contributed by atoms with Gasteiger partial charge in [-0.3, -0.25) is 0 Å². The summed E-state index contributed by atoms with van der Waals surface area (Å²) in [5, 5.41) is 17.0.